The fourth-order valence-electron chi connectivity index (χ4n) is 3.74. The van der Waals surface area contributed by atoms with Gasteiger partial charge in [-0.05, 0) is 59.7 Å². The van der Waals surface area contributed by atoms with Crippen LogP contribution >= 0.6 is 0 Å². The van der Waals surface area contributed by atoms with E-state index in [0.29, 0.717) is 11.3 Å². The summed E-state index contributed by atoms with van der Waals surface area (Å²) >= 11 is 0. The number of benzene rings is 4. The summed E-state index contributed by atoms with van der Waals surface area (Å²) in [6, 6.07) is 27.4. The Hall–Kier alpha value is -4.96. The van der Waals surface area contributed by atoms with E-state index in [4.69, 9.17) is 9.84 Å². The maximum atomic E-state index is 13.9. The zero-order valence-electron chi connectivity index (χ0n) is 20.9. The summed E-state index contributed by atoms with van der Waals surface area (Å²) in [7, 11) is -2.60. The third-order valence-electron chi connectivity index (χ3n) is 5.77. The third-order valence-corrected chi connectivity index (χ3v) is 7.55. The van der Waals surface area contributed by atoms with Crippen molar-refractivity contribution in [1.29, 1.82) is 0 Å². The highest BCUT2D eigenvalue weighted by Crippen LogP contribution is 2.30. The number of carbonyl (C=O) groups excluding carboxylic acids is 1. The number of carboxylic acid groups (broad SMARTS) is 1. The minimum Gasteiger partial charge on any atom is -0.497 e. The van der Waals surface area contributed by atoms with Gasteiger partial charge in [-0.1, -0.05) is 54.6 Å². The van der Waals surface area contributed by atoms with Gasteiger partial charge in [-0.15, -0.1) is 0 Å². The molecule has 0 heterocycles. The molecule has 0 saturated carbocycles. The van der Waals surface area contributed by atoms with Crippen LogP contribution in [0.2, 0.25) is 0 Å². The Labute approximate surface area is 226 Å². The molecule has 4 aromatic carbocycles. The molecule has 0 bridgehead atoms. The number of amides is 1. The first kappa shape index (κ1) is 27.1. The van der Waals surface area contributed by atoms with Gasteiger partial charge in [0.25, 0.3) is 15.9 Å². The molecule has 10 heteroatoms. The molecule has 0 unspecified atom stereocenters. The molecule has 0 radical (unpaired) electrons. The van der Waals surface area contributed by atoms with Crippen molar-refractivity contribution in [3.8, 4) is 5.75 Å². The zero-order chi connectivity index (χ0) is 27.8. The Kier molecular flexibility index (Phi) is 8.37. The van der Waals surface area contributed by atoms with Gasteiger partial charge in [0.2, 0.25) is 0 Å². The topological polar surface area (TPSA) is 125 Å². The Bertz CT molecular complexity index is 1590. The van der Waals surface area contributed by atoms with E-state index >= 15 is 0 Å². The van der Waals surface area contributed by atoms with Crippen molar-refractivity contribution in [2.75, 3.05) is 11.4 Å². The van der Waals surface area contributed by atoms with E-state index in [2.05, 4.69) is 10.5 Å². The molecule has 0 aromatic heterocycles. The summed E-state index contributed by atoms with van der Waals surface area (Å²) in [5.74, 6) is -1.15. The highest BCUT2D eigenvalue weighted by atomic mass is 32.2. The lowest BCUT2D eigenvalue weighted by Crippen LogP contribution is -2.33. The molecule has 0 aliphatic heterocycles. The average molecular weight is 544 g/mol. The summed E-state index contributed by atoms with van der Waals surface area (Å²) in [6.07, 6.45) is 1.36. The summed E-state index contributed by atoms with van der Waals surface area (Å²) in [6.45, 7) is -0.0152. The van der Waals surface area contributed by atoms with Gasteiger partial charge in [0.1, 0.15) is 5.75 Å². The van der Waals surface area contributed by atoms with Crippen molar-refractivity contribution < 1.29 is 27.9 Å². The number of sulfonamides is 1. The first-order valence-electron chi connectivity index (χ1n) is 11.8. The second-order valence-electron chi connectivity index (χ2n) is 8.32. The van der Waals surface area contributed by atoms with Crippen molar-refractivity contribution in [1.82, 2.24) is 5.43 Å². The van der Waals surface area contributed by atoms with Gasteiger partial charge in [0, 0.05) is 0 Å². The lowest BCUT2D eigenvalue weighted by atomic mass is 10.1. The van der Waals surface area contributed by atoms with E-state index in [1.807, 2.05) is 18.2 Å². The van der Waals surface area contributed by atoms with Gasteiger partial charge in [-0.2, -0.15) is 5.10 Å². The van der Waals surface area contributed by atoms with Crippen LogP contribution in [0.5, 0.6) is 5.75 Å². The molecule has 0 saturated heterocycles. The number of methoxy groups -OCH3 is 1. The molecule has 4 rings (SSSR count). The average Bonchev–Trinajstić information content (AvgIpc) is 2.96. The molecule has 9 nitrogen and oxygen atoms in total. The number of nitrogens with one attached hydrogen (secondary N) is 1. The zero-order valence-corrected chi connectivity index (χ0v) is 21.7. The van der Waals surface area contributed by atoms with Crippen LogP contribution in [0.25, 0.3) is 0 Å². The van der Waals surface area contributed by atoms with Crippen molar-refractivity contribution in [2.24, 2.45) is 5.10 Å². The van der Waals surface area contributed by atoms with E-state index in [-0.39, 0.29) is 28.3 Å². The normalized spacial score (nSPS) is 11.2. The quantitative estimate of drug-likeness (QED) is 0.223. The summed E-state index contributed by atoms with van der Waals surface area (Å²) in [5, 5.41) is 13.0. The molecular formula is C29H25N3O6S. The first-order chi connectivity index (χ1) is 18.8. The van der Waals surface area contributed by atoms with Gasteiger partial charge in [-0.25, -0.2) is 18.6 Å². The van der Waals surface area contributed by atoms with Crippen LogP contribution in [0.3, 0.4) is 0 Å². The molecule has 0 atom stereocenters. The van der Waals surface area contributed by atoms with Crippen LogP contribution in [-0.4, -0.2) is 38.7 Å². The van der Waals surface area contributed by atoms with Crippen LogP contribution in [0.15, 0.2) is 113 Å². The summed E-state index contributed by atoms with van der Waals surface area (Å²) in [4.78, 5) is 24.2. The predicted molar refractivity (Wildman–Crippen MR) is 148 cm³/mol. The van der Waals surface area contributed by atoms with Crippen LogP contribution in [0.1, 0.15) is 31.8 Å². The van der Waals surface area contributed by atoms with Gasteiger partial charge >= 0.3 is 5.97 Å². The SMILES string of the molecule is COc1ccc(S(=O)(=O)N(Cc2ccccc2)c2ccccc2C(=O)N/N=C/c2ccc(C(=O)O)cc2)cc1. The maximum absolute atomic E-state index is 13.9. The number of carbonyl (C=O) groups is 2. The molecule has 0 fully saturated rings. The van der Waals surface area contributed by atoms with Crippen molar-refractivity contribution in [3.63, 3.8) is 0 Å². The predicted octanol–water partition coefficient (Wildman–Crippen LogP) is 4.55. The van der Waals surface area contributed by atoms with Crippen LogP contribution < -0.4 is 14.5 Å². The Morgan fingerprint density at radius 3 is 2.18 bits per heavy atom. The highest BCUT2D eigenvalue weighted by Gasteiger charge is 2.28. The standard InChI is InChI=1S/C29H25N3O6S/c1-38-24-15-17-25(18-16-24)39(36,37)32(20-22-7-3-2-4-8-22)27-10-6-5-9-26(27)28(33)31-30-19-21-11-13-23(14-12-21)29(34)35/h2-19H,20H2,1H3,(H,31,33)(H,34,35)/b30-19+. The largest absolute Gasteiger partial charge is 0.497 e. The highest BCUT2D eigenvalue weighted by molar-refractivity contribution is 7.92. The summed E-state index contributed by atoms with van der Waals surface area (Å²) < 4.78 is 34.1. The third kappa shape index (κ3) is 6.49. The fourth-order valence-corrected chi connectivity index (χ4v) is 5.22. The van der Waals surface area contributed by atoms with Crippen molar-refractivity contribution in [3.05, 3.63) is 125 Å². The first-order valence-corrected chi connectivity index (χ1v) is 13.2. The number of hydrogen-bond acceptors (Lipinski definition) is 6. The van der Waals surface area contributed by atoms with Crippen molar-refractivity contribution in [2.45, 2.75) is 11.4 Å². The minimum atomic E-state index is -4.10. The maximum Gasteiger partial charge on any atom is 0.335 e. The molecular weight excluding hydrogens is 518 g/mol. The van der Waals surface area contributed by atoms with Gasteiger partial charge in [0.15, 0.2) is 0 Å². The number of nitrogens with zero attached hydrogens (tertiary/aromatic N) is 2. The van der Waals surface area contributed by atoms with Crippen LogP contribution in [0, 0.1) is 0 Å². The molecule has 0 aliphatic rings. The van der Waals surface area contributed by atoms with Gasteiger partial charge in [-0.3, -0.25) is 9.10 Å². The number of carboxylic acids is 1. The number of para-hydroxylation sites is 1. The Morgan fingerprint density at radius 1 is 0.897 bits per heavy atom. The lowest BCUT2D eigenvalue weighted by Gasteiger charge is -2.26. The van der Waals surface area contributed by atoms with Crippen LogP contribution in [0.4, 0.5) is 5.69 Å². The van der Waals surface area contributed by atoms with E-state index in [1.54, 1.807) is 54.6 Å². The monoisotopic (exact) mass is 543 g/mol. The van der Waals surface area contributed by atoms with E-state index in [0.717, 1.165) is 5.56 Å². The minimum absolute atomic E-state index is 0.0152. The number of hydrogen-bond donors (Lipinski definition) is 2. The van der Waals surface area contributed by atoms with Gasteiger partial charge < -0.3 is 9.84 Å². The van der Waals surface area contributed by atoms with Crippen molar-refractivity contribution >= 4 is 33.8 Å². The lowest BCUT2D eigenvalue weighted by molar-refractivity contribution is 0.0696. The molecule has 0 spiro atoms. The number of aromatic carboxylic acids is 1. The Balaban J connectivity index is 1.66. The summed E-state index contributed by atoms with van der Waals surface area (Å²) in [5.41, 5.74) is 4.13. The smallest absolute Gasteiger partial charge is 0.335 e. The Morgan fingerprint density at radius 2 is 1.54 bits per heavy atom. The number of rotatable bonds is 10. The number of ether oxygens (including phenoxy) is 1. The molecule has 4 aromatic rings. The fraction of sp³-hybridized carbons (Fsp3) is 0.0690. The molecule has 39 heavy (non-hydrogen) atoms. The van der Waals surface area contributed by atoms with E-state index in [9.17, 15) is 18.0 Å². The number of hydrazone groups is 1. The van der Waals surface area contributed by atoms with E-state index in [1.165, 1.54) is 48.0 Å². The molecule has 0 aliphatic carbocycles. The molecule has 198 valence electrons. The second-order valence-corrected chi connectivity index (χ2v) is 10.2. The molecule has 1 amide bonds. The molecule has 2 N–H and O–H groups in total. The second kappa shape index (κ2) is 12.1. The van der Waals surface area contributed by atoms with Crippen LogP contribution in [-0.2, 0) is 16.6 Å². The number of anilines is 1. The van der Waals surface area contributed by atoms with Gasteiger partial charge in [0.05, 0.1) is 41.6 Å². The van der Waals surface area contributed by atoms with E-state index < -0.39 is 21.9 Å².